The zero-order valence-electron chi connectivity index (χ0n) is 16.7. The molecule has 1 fully saturated rings. The Hall–Kier alpha value is -3.13. The van der Waals surface area contributed by atoms with Crippen molar-refractivity contribution in [1.29, 1.82) is 0 Å². The SMILES string of the molecule is COc1cc(-c2ccc(C(F)(F)F)cc2)nc2cc(C(=O)NC(CO)C3CC3)ccc12. The Balaban J connectivity index is 1.68. The third kappa shape index (κ3) is 4.49. The van der Waals surface area contributed by atoms with Crippen molar-refractivity contribution in [3.05, 3.63) is 59.7 Å². The summed E-state index contributed by atoms with van der Waals surface area (Å²) in [5.74, 6) is 0.491. The molecule has 0 saturated heterocycles. The minimum atomic E-state index is -4.41. The number of pyridine rings is 1. The van der Waals surface area contributed by atoms with Crippen molar-refractivity contribution in [2.24, 2.45) is 5.92 Å². The number of hydrogen-bond donors (Lipinski definition) is 2. The van der Waals surface area contributed by atoms with Crippen LogP contribution in [0, 0.1) is 5.92 Å². The smallest absolute Gasteiger partial charge is 0.416 e. The summed E-state index contributed by atoms with van der Waals surface area (Å²) in [7, 11) is 1.49. The van der Waals surface area contributed by atoms with Gasteiger partial charge < -0.3 is 15.2 Å². The van der Waals surface area contributed by atoms with Crippen LogP contribution in [0.4, 0.5) is 13.2 Å². The minimum Gasteiger partial charge on any atom is -0.496 e. The molecule has 2 aromatic carbocycles. The van der Waals surface area contributed by atoms with Crippen molar-refractivity contribution < 1.29 is 27.8 Å². The molecule has 1 heterocycles. The molecule has 31 heavy (non-hydrogen) atoms. The van der Waals surface area contributed by atoms with Crippen LogP contribution < -0.4 is 10.1 Å². The van der Waals surface area contributed by atoms with E-state index in [1.807, 2.05) is 0 Å². The number of rotatable bonds is 6. The maximum atomic E-state index is 12.8. The number of halogens is 3. The highest BCUT2D eigenvalue weighted by atomic mass is 19.4. The molecule has 1 atom stereocenters. The number of hydrogen-bond acceptors (Lipinski definition) is 4. The van der Waals surface area contributed by atoms with E-state index in [-0.39, 0.29) is 18.6 Å². The minimum absolute atomic E-state index is 0.117. The lowest BCUT2D eigenvalue weighted by atomic mass is 10.0. The summed E-state index contributed by atoms with van der Waals surface area (Å²) in [6.07, 6.45) is -2.45. The van der Waals surface area contributed by atoms with Crippen molar-refractivity contribution >= 4 is 16.8 Å². The molecular formula is C23H21F3N2O3. The van der Waals surface area contributed by atoms with Crippen LogP contribution in [-0.2, 0) is 6.18 Å². The summed E-state index contributed by atoms with van der Waals surface area (Å²) in [6.45, 7) is -0.117. The molecule has 1 saturated carbocycles. The number of ether oxygens (including phenoxy) is 1. The van der Waals surface area contributed by atoms with E-state index in [0.717, 1.165) is 25.0 Å². The maximum absolute atomic E-state index is 12.8. The second-order valence-corrected chi connectivity index (χ2v) is 7.62. The quantitative estimate of drug-likeness (QED) is 0.607. The van der Waals surface area contributed by atoms with Gasteiger partial charge in [0.1, 0.15) is 5.75 Å². The second kappa shape index (κ2) is 8.19. The lowest BCUT2D eigenvalue weighted by molar-refractivity contribution is -0.137. The fourth-order valence-electron chi connectivity index (χ4n) is 3.55. The van der Waals surface area contributed by atoms with Gasteiger partial charge in [0.15, 0.2) is 0 Å². The average molecular weight is 430 g/mol. The van der Waals surface area contributed by atoms with Gasteiger partial charge in [0.2, 0.25) is 0 Å². The van der Waals surface area contributed by atoms with Crippen LogP contribution in [0.1, 0.15) is 28.8 Å². The van der Waals surface area contributed by atoms with E-state index in [1.54, 1.807) is 24.3 Å². The summed E-state index contributed by atoms with van der Waals surface area (Å²) in [5.41, 5.74) is 1.05. The van der Waals surface area contributed by atoms with Gasteiger partial charge in [0.25, 0.3) is 5.91 Å². The predicted molar refractivity (Wildman–Crippen MR) is 110 cm³/mol. The molecule has 162 valence electrons. The van der Waals surface area contributed by atoms with Crippen LogP contribution in [0.2, 0.25) is 0 Å². The molecule has 1 aliphatic carbocycles. The molecule has 5 nitrogen and oxygen atoms in total. The summed E-state index contributed by atoms with van der Waals surface area (Å²) in [4.78, 5) is 17.2. The third-order valence-electron chi connectivity index (χ3n) is 5.47. The van der Waals surface area contributed by atoms with Crippen molar-refractivity contribution in [3.63, 3.8) is 0 Å². The number of alkyl halides is 3. The van der Waals surface area contributed by atoms with E-state index in [1.165, 1.54) is 19.2 Å². The molecule has 2 N–H and O–H groups in total. The molecule has 0 bridgehead atoms. The number of methoxy groups -OCH3 is 1. The molecule has 0 aliphatic heterocycles. The van der Waals surface area contributed by atoms with Gasteiger partial charge in [-0.25, -0.2) is 4.98 Å². The normalized spacial score (nSPS) is 15.0. The summed E-state index contributed by atoms with van der Waals surface area (Å²) in [5, 5.41) is 13.0. The molecule has 1 unspecified atom stereocenters. The monoisotopic (exact) mass is 430 g/mol. The van der Waals surface area contributed by atoms with Gasteiger partial charge in [0, 0.05) is 22.6 Å². The Kier molecular flexibility index (Phi) is 5.58. The molecule has 8 heteroatoms. The summed E-state index contributed by atoms with van der Waals surface area (Å²) < 4.78 is 44.0. The third-order valence-corrected chi connectivity index (χ3v) is 5.47. The lowest BCUT2D eigenvalue weighted by Gasteiger charge is -2.16. The maximum Gasteiger partial charge on any atom is 0.416 e. The van der Waals surface area contributed by atoms with Crippen molar-refractivity contribution in [2.75, 3.05) is 13.7 Å². The number of nitrogens with zero attached hydrogens (tertiary/aromatic N) is 1. The van der Waals surface area contributed by atoms with Crippen LogP contribution in [0.25, 0.3) is 22.2 Å². The molecule has 1 aromatic heterocycles. The van der Waals surface area contributed by atoms with Crippen LogP contribution in [0.15, 0.2) is 48.5 Å². The van der Waals surface area contributed by atoms with Gasteiger partial charge in [0.05, 0.1) is 36.5 Å². The number of carbonyl (C=O) groups is 1. The van der Waals surface area contributed by atoms with Crippen molar-refractivity contribution in [2.45, 2.75) is 25.1 Å². The van der Waals surface area contributed by atoms with Gasteiger partial charge in [-0.15, -0.1) is 0 Å². The standard InChI is InChI=1S/C23H21F3N2O3/c1-31-21-11-18(13-4-7-16(8-5-13)23(24,25)26)27-19-10-15(6-9-17(19)21)22(30)28-20(12-29)14-2-3-14/h4-11,14,20,29H,2-3,12H2,1H3,(H,28,30). The molecule has 0 spiro atoms. The van der Waals surface area contributed by atoms with Crippen LogP contribution in [0.5, 0.6) is 5.75 Å². The first-order valence-corrected chi connectivity index (χ1v) is 9.88. The highest BCUT2D eigenvalue weighted by Crippen LogP contribution is 2.34. The Morgan fingerprint density at radius 1 is 1.19 bits per heavy atom. The molecule has 3 aromatic rings. The van der Waals surface area contributed by atoms with Gasteiger partial charge in [-0.3, -0.25) is 4.79 Å². The Bertz CT molecular complexity index is 1110. The van der Waals surface area contributed by atoms with E-state index >= 15 is 0 Å². The van der Waals surface area contributed by atoms with Gasteiger partial charge in [-0.1, -0.05) is 12.1 Å². The van der Waals surface area contributed by atoms with Gasteiger partial charge >= 0.3 is 6.18 Å². The molecule has 4 rings (SSSR count). The number of amides is 1. The molecule has 1 aliphatic rings. The van der Waals surface area contributed by atoms with Crippen molar-refractivity contribution in [3.8, 4) is 17.0 Å². The zero-order valence-corrected chi connectivity index (χ0v) is 16.7. The molecular weight excluding hydrogens is 409 g/mol. The highest BCUT2D eigenvalue weighted by Gasteiger charge is 2.32. The molecule has 1 amide bonds. The average Bonchev–Trinajstić information content (AvgIpc) is 3.61. The van der Waals surface area contributed by atoms with Crippen LogP contribution >= 0.6 is 0 Å². The first-order valence-electron chi connectivity index (χ1n) is 9.88. The van der Waals surface area contributed by atoms with Gasteiger partial charge in [-0.2, -0.15) is 13.2 Å². The number of nitrogens with one attached hydrogen (secondary N) is 1. The second-order valence-electron chi connectivity index (χ2n) is 7.62. The Morgan fingerprint density at radius 2 is 1.90 bits per heavy atom. The Labute approximate surface area is 176 Å². The summed E-state index contributed by atoms with van der Waals surface area (Å²) >= 11 is 0. The summed E-state index contributed by atoms with van der Waals surface area (Å²) in [6, 6.07) is 11.1. The van der Waals surface area contributed by atoms with E-state index in [0.29, 0.717) is 39.4 Å². The number of aliphatic hydroxyl groups is 1. The zero-order chi connectivity index (χ0) is 22.2. The molecule has 0 radical (unpaired) electrons. The highest BCUT2D eigenvalue weighted by molar-refractivity contribution is 5.99. The number of aromatic nitrogens is 1. The first kappa shape index (κ1) is 21.1. The first-order chi connectivity index (χ1) is 14.8. The van der Waals surface area contributed by atoms with Gasteiger partial charge in [-0.05, 0) is 49.1 Å². The van der Waals surface area contributed by atoms with E-state index < -0.39 is 11.7 Å². The fraction of sp³-hybridized carbons (Fsp3) is 0.304. The lowest BCUT2D eigenvalue weighted by Crippen LogP contribution is -2.39. The Morgan fingerprint density at radius 3 is 2.48 bits per heavy atom. The van der Waals surface area contributed by atoms with Crippen molar-refractivity contribution in [1.82, 2.24) is 10.3 Å². The van der Waals surface area contributed by atoms with Crippen LogP contribution in [-0.4, -0.2) is 35.8 Å². The number of fused-ring (bicyclic) bond motifs is 1. The topological polar surface area (TPSA) is 71.5 Å². The van der Waals surface area contributed by atoms with E-state index in [9.17, 15) is 23.1 Å². The number of benzene rings is 2. The number of carbonyl (C=O) groups excluding carboxylic acids is 1. The predicted octanol–water partition coefficient (Wildman–Crippen LogP) is 4.43. The number of aliphatic hydroxyl groups excluding tert-OH is 1. The largest absolute Gasteiger partial charge is 0.496 e. The van der Waals surface area contributed by atoms with Crippen LogP contribution in [0.3, 0.4) is 0 Å². The van der Waals surface area contributed by atoms with E-state index in [2.05, 4.69) is 10.3 Å². The fourth-order valence-corrected chi connectivity index (χ4v) is 3.55. The van der Waals surface area contributed by atoms with E-state index in [4.69, 9.17) is 4.74 Å².